The van der Waals surface area contributed by atoms with Crippen molar-refractivity contribution < 1.29 is 19.8 Å². The van der Waals surface area contributed by atoms with Crippen LogP contribution in [-0.4, -0.2) is 39.2 Å². The van der Waals surface area contributed by atoms with E-state index in [2.05, 4.69) is 11.9 Å². The second kappa shape index (κ2) is 3.43. The van der Waals surface area contributed by atoms with E-state index in [1.54, 1.807) is 12.1 Å². The number of hydrogen-bond donors (Lipinski definition) is 3. The number of nitrogens with one attached hydrogen (secondary N) is 1. The van der Waals surface area contributed by atoms with Crippen LogP contribution < -0.4 is 5.32 Å². The van der Waals surface area contributed by atoms with E-state index in [9.17, 15) is 19.8 Å². The standard InChI is InChI=1S/C13H12N2O4/c1-2-7-15-11(17)14-12(18)10(16)8-5-3-4-6-9(8)13(12,15)19/h2-6,18-19H,1,7H2,(H,14,17)/t12-,13-/m1/s1. The van der Waals surface area contributed by atoms with Gasteiger partial charge in [-0.15, -0.1) is 6.58 Å². The summed E-state index contributed by atoms with van der Waals surface area (Å²) in [7, 11) is 0. The molecule has 19 heavy (non-hydrogen) atoms. The van der Waals surface area contributed by atoms with Crippen molar-refractivity contribution in [2.45, 2.75) is 11.4 Å². The molecule has 1 aliphatic carbocycles. The molecule has 3 N–H and O–H groups in total. The number of benzene rings is 1. The lowest BCUT2D eigenvalue weighted by molar-refractivity contribution is -0.171. The van der Waals surface area contributed by atoms with Gasteiger partial charge in [-0.05, 0) is 0 Å². The Morgan fingerprint density at radius 1 is 1.32 bits per heavy atom. The Hall–Kier alpha value is -2.18. The first-order chi connectivity index (χ1) is 8.96. The van der Waals surface area contributed by atoms with E-state index in [4.69, 9.17) is 0 Å². The molecule has 3 rings (SSSR count). The van der Waals surface area contributed by atoms with Gasteiger partial charge in [-0.3, -0.25) is 15.0 Å². The van der Waals surface area contributed by atoms with Crippen molar-refractivity contribution >= 4 is 11.8 Å². The van der Waals surface area contributed by atoms with Crippen molar-refractivity contribution in [2.24, 2.45) is 0 Å². The molecule has 6 heteroatoms. The number of ketones is 1. The van der Waals surface area contributed by atoms with E-state index in [-0.39, 0.29) is 17.7 Å². The van der Waals surface area contributed by atoms with Crippen LogP contribution in [0.15, 0.2) is 36.9 Å². The predicted molar refractivity (Wildman–Crippen MR) is 65.1 cm³/mol. The van der Waals surface area contributed by atoms with E-state index in [1.807, 2.05) is 0 Å². The van der Waals surface area contributed by atoms with Crippen molar-refractivity contribution in [2.75, 3.05) is 6.54 Å². The summed E-state index contributed by atoms with van der Waals surface area (Å²) in [5, 5.41) is 23.4. The maximum absolute atomic E-state index is 12.2. The number of carbonyl (C=O) groups is 2. The highest BCUT2D eigenvalue weighted by Crippen LogP contribution is 2.48. The second-order valence-electron chi connectivity index (χ2n) is 4.59. The average Bonchev–Trinajstić information content (AvgIpc) is 2.69. The van der Waals surface area contributed by atoms with Crippen molar-refractivity contribution in [3.8, 4) is 0 Å². The van der Waals surface area contributed by atoms with Gasteiger partial charge in [0.25, 0.3) is 5.72 Å². The Morgan fingerprint density at radius 3 is 2.68 bits per heavy atom. The third-order valence-corrected chi connectivity index (χ3v) is 3.62. The van der Waals surface area contributed by atoms with E-state index >= 15 is 0 Å². The van der Waals surface area contributed by atoms with Crippen LogP contribution >= 0.6 is 0 Å². The Labute approximate surface area is 109 Å². The molecular weight excluding hydrogens is 248 g/mol. The normalized spacial score (nSPS) is 32.0. The maximum atomic E-state index is 12.2. The molecule has 0 radical (unpaired) electrons. The summed E-state index contributed by atoms with van der Waals surface area (Å²) in [6.45, 7) is 3.51. The van der Waals surface area contributed by atoms with Gasteiger partial charge in [0.15, 0.2) is 0 Å². The molecule has 1 heterocycles. The highest BCUT2D eigenvalue weighted by atomic mass is 16.4. The van der Waals surface area contributed by atoms with Crippen LogP contribution in [0, 0.1) is 0 Å². The minimum absolute atomic E-state index is 0.00621. The Kier molecular flexibility index (Phi) is 2.15. The fraction of sp³-hybridized carbons (Fsp3) is 0.231. The van der Waals surface area contributed by atoms with Gasteiger partial charge in [0.05, 0.1) is 0 Å². The third-order valence-electron chi connectivity index (χ3n) is 3.62. The largest absolute Gasteiger partial charge is 0.362 e. The fourth-order valence-electron chi connectivity index (χ4n) is 2.73. The lowest BCUT2D eigenvalue weighted by Crippen LogP contribution is -2.59. The number of nitrogens with zero attached hydrogens (tertiary/aromatic N) is 1. The molecule has 98 valence electrons. The smallest absolute Gasteiger partial charge is 0.323 e. The molecule has 1 saturated heterocycles. The zero-order valence-corrected chi connectivity index (χ0v) is 9.96. The van der Waals surface area contributed by atoms with Crippen LogP contribution in [0.1, 0.15) is 15.9 Å². The quantitative estimate of drug-likeness (QED) is 0.649. The molecule has 6 nitrogen and oxygen atoms in total. The van der Waals surface area contributed by atoms with Gasteiger partial charge in [-0.1, -0.05) is 30.3 Å². The zero-order chi connectivity index (χ0) is 13.8. The van der Waals surface area contributed by atoms with E-state index in [0.29, 0.717) is 0 Å². The summed E-state index contributed by atoms with van der Waals surface area (Å²) < 4.78 is 0. The first-order valence-electron chi connectivity index (χ1n) is 5.76. The number of amides is 2. The third kappa shape index (κ3) is 1.13. The molecule has 1 aliphatic heterocycles. The molecule has 0 aromatic heterocycles. The van der Waals surface area contributed by atoms with Crippen LogP contribution in [0.25, 0.3) is 0 Å². The topological polar surface area (TPSA) is 89.9 Å². The van der Waals surface area contributed by atoms with Gasteiger partial charge in [0.2, 0.25) is 11.5 Å². The number of urea groups is 1. The van der Waals surface area contributed by atoms with Crippen molar-refractivity contribution in [3.05, 3.63) is 48.0 Å². The molecule has 0 spiro atoms. The number of rotatable bonds is 2. The minimum atomic E-state index is -2.35. The summed E-state index contributed by atoms with van der Waals surface area (Å²) in [5.41, 5.74) is -4.05. The van der Waals surface area contributed by atoms with E-state index < -0.39 is 23.3 Å². The van der Waals surface area contributed by atoms with Gasteiger partial charge in [0.1, 0.15) is 0 Å². The highest BCUT2D eigenvalue weighted by Gasteiger charge is 2.71. The highest BCUT2D eigenvalue weighted by molar-refractivity contribution is 6.11. The number of hydrogen-bond acceptors (Lipinski definition) is 4. The number of Topliss-reactive ketones (excluding diaryl/α,β-unsaturated/α-hetero) is 1. The summed E-state index contributed by atoms with van der Waals surface area (Å²) >= 11 is 0. The second-order valence-corrected chi connectivity index (χ2v) is 4.59. The summed E-state index contributed by atoms with van der Waals surface area (Å²) in [6.07, 6.45) is 1.41. The van der Waals surface area contributed by atoms with E-state index in [1.165, 1.54) is 18.2 Å². The monoisotopic (exact) mass is 260 g/mol. The average molecular weight is 260 g/mol. The molecule has 2 aliphatic rings. The number of carbonyl (C=O) groups excluding carboxylic acids is 2. The van der Waals surface area contributed by atoms with Crippen LogP contribution in [0.2, 0.25) is 0 Å². The van der Waals surface area contributed by atoms with Gasteiger partial charge in [-0.2, -0.15) is 0 Å². The van der Waals surface area contributed by atoms with Gasteiger partial charge in [-0.25, -0.2) is 4.79 Å². The summed E-state index contributed by atoms with van der Waals surface area (Å²) in [6, 6.07) is 5.56. The Morgan fingerprint density at radius 2 is 2.00 bits per heavy atom. The molecule has 0 saturated carbocycles. The zero-order valence-electron chi connectivity index (χ0n) is 9.96. The number of fused-ring (bicyclic) bond motifs is 3. The van der Waals surface area contributed by atoms with Crippen LogP contribution in [0.4, 0.5) is 4.79 Å². The van der Waals surface area contributed by atoms with Crippen molar-refractivity contribution in [1.29, 1.82) is 0 Å². The van der Waals surface area contributed by atoms with Crippen molar-refractivity contribution in [1.82, 2.24) is 10.2 Å². The van der Waals surface area contributed by atoms with Crippen molar-refractivity contribution in [3.63, 3.8) is 0 Å². The van der Waals surface area contributed by atoms with Gasteiger partial charge < -0.3 is 10.2 Å². The maximum Gasteiger partial charge on any atom is 0.323 e. The predicted octanol–water partition coefficient (Wildman–Crippen LogP) is -0.0722. The molecule has 2 atom stereocenters. The molecule has 1 aromatic carbocycles. The first kappa shape index (κ1) is 11.9. The first-order valence-corrected chi connectivity index (χ1v) is 5.76. The Balaban J connectivity index is 2.28. The lowest BCUT2D eigenvalue weighted by Gasteiger charge is -2.34. The molecule has 0 bridgehead atoms. The fourth-order valence-corrected chi connectivity index (χ4v) is 2.73. The van der Waals surface area contributed by atoms with Gasteiger partial charge >= 0.3 is 6.03 Å². The van der Waals surface area contributed by atoms with Crippen LogP contribution in [0.3, 0.4) is 0 Å². The van der Waals surface area contributed by atoms with Crippen LogP contribution in [0.5, 0.6) is 0 Å². The molecule has 2 amide bonds. The number of aliphatic hydroxyl groups is 2. The SMILES string of the molecule is C=CCN1C(=O)N[C@@]2(O)C(=O)c3ccccc3[C@]12O. The molecule has 1 fully saturated rings. The van der Waals surface area contributed by atoms with E-state index in [0.717, 1.165) is 4.90 Å². The molecule has 1 aromatic rings. The summed E-state index contributed by atoms with van der Waals surface area (Å²) in [5.74, 6) is -0.717. The minimum Gasteiger partial charge on any atom is -0.362 e. The van der Waals surface area contributed by atoms with Crippen LogP contribution in [-0.2, 0) is 5.72 Å². The molecule has 0 unspecified atom stereocenters. The van der Waals surface area contributed by atoms with Gasteiger partial charge in [0, 0.05) is 17.7 Å². The summed E-state index contributed by atoms with van der Waals surface area (Å²) in [4.78, 5) is 25.1. The molecular formula is C13H12N2O4. The lowest BCUT2D eigenvalue weighted by atomic mass is 9.99. The Bertz CT molecular complexity index is 614.